The van der Waals surface area contributed by atoms with Gasteiger partial charge in [0.25, 0.3) is 5.78 Å². The van der Waals surface area contributed by atoms with E-state index in [0.29, 0.717) is 27.5 Å². The molecule has 2 N–H and O–H groups in total. The number of Topliss-reactive ketones (excluding diaryl/α,β-unsaturated/α-hetero) is 1. The third-order valence-corrected chi connectivity index (χ3v) is 6.39. The molecule has 2 aromatic heterocycles. The minimum Gasteiger partial charge on any atom is -0.508 e. The second kappa shape index (κ2) is 8.03. The lowest BCUT2D eigenvalue weighted by atomic mass is 9.95. The summed E-state index contributed by atoms with van der Waals surface area (Å²) in [5.74, 6) is -1.37. The van der Waals surface area contributed by atoms with Crippen LogP contribution in [0.2, 0.25) is 0 Å². The quantitative estimate of drug-likeness (QED) is 0.269. The van der Waals surface area contributed by atoms with E-state index in [0.717, 1.165) is 4.70 Å². The van der Waals surface area contributed by atoms with Crippen LogP contribution in [-0.2, 0) is 9.59 Å². The monoisotopic (exact) mass is 459 g/mol. The molecule has 1 fully saturated rings. The lowest BCUT2D eigenvalue weighted by molar-refractivity contribution is -0.132. The molecule has 9 heteroatoms. The van der Waals surface area contributed by atoms with Crippen LogP contribution in [0.5, 0.6) is 11.5 Å². The number of pyridine rings is 1. The Morgan fingerprint density at radius 1 is 1.09 bits per heavy atom. The highest BCUT2D eigenvalue weighted by Gasteiger charge is 2.48. The van der Waals surface area contributed by atoms with Gasteiger partial charge in [-0.15, -0.1) is 0 Å². The average molecular weight is 459 g/mol. The van der Waals surface area contributed by atoms with Crippen LogP contribution in [0.25, 0.3) is 16.0 Å². The number of amides is 1. The Morgan fingerprint density at radius 2 is 1.88 bits per heavy atom. The number of rotatable bonds is 4. The fourth-order valence-electron chi connectivity index (χ4n) is 3.83. The maximum atomic E-state index is 13.2. The highest BCUT2D eigenvalue weighted by molar-refractivity contribution is 7.22. The normalized spacial score (nSPS) is 17.6. The number of methoxy groups -OCH3 is 1. The number of hydrogen-bond donors (Lipinski definition) is 2. The molecule has 0 bridgehead atoms. The Labute approximate surface area is 192 Å². The van der Waals surface area contributed by atoms with Crippen molar-refractivity contribution in [2.75, 3.05) is 12.0 Å². The second-order valence-corrected chi connectivity index (χ2v) is 8.34. The summed E-state index contributed by atoms with van der Waals surface area (Å²) in [6.07, 6.45) is 2.96. The fraction of sp³-hybridized carbons (Fsp3) is 0.0833. The number of carbonyl (C=O) groups excluding carboxylic acids is 2. The number of aliphatic hydroxyl groups is 1. The topological polar surface area (TPSA) is 113 Å². The van der Waals surface area contributed by atoms with E-state index < -0.39 is 17.7 Å². The highest BCUT2D eigenvalue weighted by Crippen LogP contribution is 2.45. The molecule has 33 heavy (non-hydrogen) atoms. The first-order chi connectivity index (χ1) is 16.0. The number of ketones is 1. The minimum atomic E-state index is -0.979. The van der Waals surface area contributed by atoms with Gasteiger partial charge in [0.1, 0.15) is 17.3 Å². The molecule has 1 amide bonds. The van der Waals surface area contributed by atoms with Gasteiger partial charge >= 0.3 is 5.91 Å². The van der Waals surface area contributed by atoms with Crippen LogP contribution in [0.1, 0.15) is 17.2 Å². The van der Waals surface area contributed by atoms with Crippen molar-refractivity contribution >= 4 is 44.1 Å². The summed E-state index contributed by atoms with van der Waals surface area (Å²) in [4.78, 5) is 36.1. The van der Waals surface area contributed by atoms with Gasteiger partial charge in [0.15, 0.2) is 5.13 Å². The molecule has 0 saturated carbocycles. The van der Waals surface area contributed by atoms with Crippen LogP contribution in [-0.4, -0.2) is 39.0 Å². The Kier molecular flexibility index (Phi) is 5.02. The van der Waals surface area contributed by atoms with Crippen molar-refractivity contribution in [2.45, 2.75) is 6.04 Å². The van der Waals surface area contributed by atoms with E-state index in [4.69, 9.17) is 4.74 Å². The Bertz CT molecular complexity index is 1430. The number of benzene rings is 2. The molecule has 1 unspecified atom stereocenters. The molecule has 1 aliphatic rings. The van der Waals surface area contributed by atoms with Crippen molar-refractivity contribution < 1.29 is 24.5 Å². The number of aromatic nitrogens is 2. The van der Waals surface area contributed by atoms with E-state index >= 15 is 0 Å². The van der Waals surface area contributed by atoms with Gasteiger partial charge in [0.05, 0.1) is 28.9 Å². The number of fused-ring (bicyclic) bond motifs is 1. The summed E-state index contributed by atoms with van der Waals surface area (Å²) >= 11 is 1.23. The van der Waals surface area contributed by atoms with E-state index in [9.17, 15) is 19.8 Å². The summed E-state index contributed by atoms with van der Waals surface area (Å²) in [6.45, 7) is 0. The molecule has 1 atom stereocenters. The number of anilines is 1. The van der Waals surface area contributed by atoms with E-state index in [2.05, 4.69) is 9.97 Å². The van der Waals surface area contributed by atoms with Gasteiger partial charge in [0.2, 0.25) is 0 Å². The maximum Gasteiger partial charge on any atom is 0.301 e. The third kappa shape index (κ3) is 3.48. The number of nitrogens with zero attached hydrogens (tertiary/aromatic N) is 3. The van der Waals surface area contributed by atoms with Crippen molar-refractivity contribution in [1.82, 2.24) is 9.97 Å². The number of ether oxygens (including phenoxy) is 1. The van der Waals surface area contributed by atoms with Gasteiger partial charge in [-0.25, -0.2) is 4.98 Å². The van der Waals surface area contributed by atoms with Gasteiger partial charge in [-0.3, -0.25) is 19.5 Å². The Morgan fingerprint density at radius 3 is 2.61 bits per heavy atom. The van der Waals surface area contributed by atoms with Crippen LogP contribution in [0.4, 0.5) is 5.13 Å². The number of phenolic OH excluding ortho intramolecular Hbond substituents is 1. The fourth-order valence-corrected chi connectivity index (χ4v) is 4.85. The van der Waals surface area contributed by atoms with Crippen molar-refractivity contribution in [3.8, 4) is 11.5 Å². The minimum absolute atomic E-state index is 0.0314. The van der Waals surface area contributed by atoms with E-state index in [-0.39, 0.29) is 17.1 Å². The predicted octanol–water partition coefficient (Wildman–Crippen LogP) is 4.03. The van der Waals surface area contributed by atoms with Crippen molar-refractivity contribution in [1.29, 1.82) is 0 Å². The van der Waals surface area contributed by atoms with Crippen LogP contribution in [0.3, 0.4) is 0 Å². The lowest BCUT2D eigenvalue weighted by Gasteiger charge is -2.23. The molecule has 0 aliphatic carbocycles. The molecular formula is C24H17N3O5S. The smallest absolute Gasteiger partial charge is 0.301 e. The molecule has 5 rings (SSSR count). The van der Waals surface area contributed by atoms with Gasteiger partial charge in [-0.1, -0.05) is 23.5 Å². The van der Waals surface area contributed by atoms with E-state index in [1.54, 1.807) is 49.6 Å². The summed E-state index contributed by atoms with van der Waals surface area (Å²) in [5, 5.41) is 21.4. The van der Waals surface area contributed by atoms with Crippen LogP contribution in [0, 0.1) is 0 Å². The molecule has 1 saturated heterocycles. The molecule has 2 aromatic carbocycles. The number of phenols is 1. The molecular weight excluding hydrogens is 442 g/mol. The van der Waals surface area contributed by atoms with E-state index in [1.807, 2.05) is 0 Å². The largest absolute Gasteiger partial charge is 0.508 e. The first kappa shape index (κ1) is 20.7. The molecule has 0 radical (unpaired) electrons. The van der Waals surface area contributed by atoms with Gasteiger partial charge < -0.3 is 14.9 Å². The first-order valence-electron chi connectivity index (χ1n) is 9.93. The summed E-state index contributed by atoms with van der Waals surface area (Å²) in [5.41, 5.74) is 1.36. The number of aromatic hydroxyl groups is 1. The number of aliphatic hydroxyl groups excluding tert-OH is 1. The standard InChI is InChI=1S/C24H17N3O5S/c1-32-16-5-6-17-18(12-16)33-24(26-17)27-20(14-3-2-4-15(28)11-14)19(22(30)23(27)31)21(29)13-7-9-25-10-8-13/h2-12,20,28-29H,1H3/b21-19+. The summed E-state index contributed by atoms with van der Waals surface area (Å²) < 4.78 is 6.04. The molecule has 1 aliphatic heterocycles. The summed E-state index contributed by atoms with van der Waals surface area (Å²) in [6, 6.07) is 13.7. The number of carbonyl (C=O) groups is 2. The van der Waals surface area contributed by atoms with Crippen LogP contribution in [0.15, 0.2) is 72.6 Å². The van der Waals surface area contributed by atoms with Crippen molar-refractivity contribution in [3.63, 3.8) is 0 Å². The zero-order valence-corrected chi connectivity index (χ0v) is 18.1. The lowest BCUT2D eigenvalue weighted by Crippen LogP contribution is -2.29. The molecule has 3 heterocycles. The van der Waals surface area contributed by atoms with E-state index in [1.165, 1.54) is 40.8 Å². The zero-order valence-electron chi connectivity index (χ0n) is 17.3. The van der Waals surface area contributed by atoms with Gasteiger partial charge in [-0.05, 0) is 48.0 Å². The van der Waals surface area contributed by atoms with Crippen molar-refractivity contribution in [2.24, 2.45) is 0 Å². The van der Waals surface area contributed by atoms with Crippen LogP contribution >= 0.6 is 11.3 Å². The Hall–Kier alpha value is -4.24. The SMILES string of the molecule is COc1ccc2nc(N3C(=O)C(=O)/C(=C(/O)c4ccncc4)C3c3cccc(O)c3)sc2c1. The third-order valence-electron chi connectivity index (χ3n) is 5.37. The average Bonchev–Trinajstić information content (AvgIpc) is 3.37. The van der Waals surface area contributed by atoms with Crippen LogP contribution < -0.4 is 9.64 Å². The predicted molar refractivity (Wildman–Crippen MR) is 123 cm³/mol. The highest BCUT2D eigenvalue weighted by atomic mass is 32.1. The zero-order chi connectivity index (χ0) is 23.1. The molecule has 8 nitrogen and oxygen atoms in total. The Balaban J connectivity index is 1.73. The molecule has 164 valence electrons. The van der Waals surface area contributed by atoms with Crippen molar-refractivity contribution in [3.05, 3.63) is 83.7 Å². The number of hydrogen-bond acceptors (Lipinski definition) is 8. The number of thiazole rings is 1. The van der Waals surface area contributed by atoms with Gasteiger partial charge in [-0.2, -0.15) is 0 Å². The molecule has 0 spiro atoms. The first-order valence-corrected chi connectivity index (χ1v) is 10.7. The maximum absolute atomic E-state index is 13.2. The van der Waals surface area contributed by atoms with Gasteiger partial charge in [0, 0.05) is 18.0 Å². The molecule has 4 aromatic rings. The summed E-state index contributed by atoms with van der Waals surface area (Å²) in [7, 11) is 1.56. The second-order valence-electron chi connectivity index (χ2n) is 7.33.